The molecular weight excluding hydrogens is 231 g/mol. The first kappa shape index (κ1) is 11.4. The second-order valence-electron chi connectivity index (χ2n) is 4.62. The van der Waals surface area contributed by atoms with Crippen molar-refractivity contribution in [2.24, 2.45) is 0 Å². The summed E-state index contributed by atoms with van der Waals surface area (Å²) < 4.78 is 18.5. The Morgan fingerprint density at radius 1 is 1.33 bits per heavy atom. The van der Waals surface area contributed by atoms with Gasteiger partial charge in [0.25, 0.3) is 0 Å². The zero-order valence-corrected chi connectivity index (χ0v) is 10.0. The topological polar surface area (TPSA) is 38.1 Å². The number of nitrogens with one attached hydrogen (secondary N) is 1. The maximum atomic E-state index is 12.8. The number of hydrogen-bond acceptors (Lipinski definition) is 3. The molecule has 1 aromatic heterocycles. The largest absolute Gasteiger partial charge is 0.444 e. The molecule has 0 bridgehead atoms. The molecule has 1 aliphatic heterocycles. The van der Waals surface area contributed by atoms with E-state index < -0.39 is 0 Å². The molecule has 0 spiro atoms. The van der Waals surface area contributed by atoms with Gasteiger partial charge in [0.2, 0.25) is 5.89 Å². The number of aromatic nitrogens is 1. The van der Waals surface area contributed by atoms with Crippen molar-refractivity contribution in [2.45, 2.75) is 25.3 Å². The predicted octanol–water partition coefficient (Wildman–Crippen LogP) is 2.83. The lowest BCUT2D eigenvalue weighted by atomic mass is 10.1. The quantitative estimate of drug-likeness (QED) is 0.905. The number of hydrogen-bond donors (Lipinski definition) is 1. The highest BCUT2D eigenvalue weighted by Gasteiger charge is 2.20. The molecule has 1 unspecified atom stereocenters. The Morgan fingerprint density at radius 2 is 2.17 bits per heavy atom. The summed E-state index contributed by atoms with van der Waals surface area (Å²) in [6, 6.07) is 6.72. The fourth-order valence-corrected chi connectivity index (χ4v) is 2.26. The van der Waals surface area contributed by atoms with Crippen LogP contribution in [-0.4, -0.2) is 11.5 Å². The Bertz CT molecular complexity index is 515. The summed E-state index contributed by atoms with van der Waals surface area (Å²) in [4.78, 5) is 4.31. The average molecular weight is 246 g/mol. The molecule has 3 nitrogen and oxygen atoms in total. The van der Waals surface area contributed by atoms with E-state index in [0.717, 1.165) is 30.2 Å². The van der Waals surface area contributed by atoms with Gasteiger partial charge in [-0.3, -0.25) is 0 Å². The molecule has 2 heterocycles. The van der Waals surface area contributed by atoms with Crippen LogP contribution in [0.1, 0.15) is 36.1 Å². The Kier molecular flexibility index (Phi) is 3.11. The highest BCUT2D eigenvalue weighted by molar-refractivity contribution is 5.20. The summed E-state index contributed by atoms with van der Waals surface area (Å²) in [5.74, 6) is 1.38. The number of oxazole rings is 1. The minimum absolute atomic E-state index is 0.216. The number of rotatable bonds is 3. The van der Waals surface area contributed by atoms with E-state index in [0.29, 0.717) is 6.42 Å². The molecule has 1 saturated heterocycles. The molecule has 94 valence electrons. The van der Waals surface area contributed by atoms with Gasteiger partial charge in [-0.05, 0) is 37.1 Å². The Morgan fingerprint density at radius 3 is 2.89 bits per heavy atom. The van der Waals surface area contributed by atoms with Gasteiger partial charge in [-0.1, -0.05) is 12.1 Å². The van der Waals surface area contributed by atoms with Gasteiger partial charge in [0, 0.05) is 6.42 Å². The van der Waals surface area contributed by atoms with Gasteiger partial charge in [-0.2, -0.15) is 0 Å². The fourth-order valence-electron chi connectivity index (χ4n) is 2.26. The standard InChI is InChI=1S/C14H15FN2O/c15-11-5-3-10(4-6-11)8-12-9-17-14(18-12)13-2-1-7-16-13/h3-6,9,13,16H,1-2,7-8H2. The summed E-state index contributed by atoms with van der Waals surface area (Å²) >= 11 is 0. The lowest BCUT2D eigenvalue weighted by Gasteiger charge is -2.03. The predicted molar refractivity (Wildman–Crippen MR) is 65.7 cm³/mol. The van der Waals surface area contributed by atoms with Gasteiger partial charge in [-0.15, -0.1) is 0 Å². The van der Waals surface area contributed by atoms with Gasteiger partial charge in [0.1, 0.15) is 11.6 Å². The van der Waals surface area contributed by atoms with Crippen LogP contribution in [0.3, 0.4) is 0 Å². The summed E-state index contributed by atoms with van der Waals surface area (Å²) in [5, 5.41) is 3.35. The fraction of sp³-hybridized carbons (Fsp3) is 0.357. The maximum Gasteiger partial charge on any atom is 0.211 e. The average Bonchev–Trinajstić information content (AvgIpc) is 3.02. The Labute approximate surface area is 105 Å². The van der Waals surface area contributed by atoms with Crippen LogP contribution in [0, 0.1) is 5.82 Å². The van der Waals surface area contributed by atoms with E-state index in [1.54, 1.807) is 18.3 Å². The summed E-state index contributed by atoms with van der Waals surface area (Å²) in [5.41, 5.74) is 1.03. The van der Waals surface area contributed by atoms with Gasteiger partial charge in [-0.25, -0.2) is 9.37 Å². The minimum Gasteiger partial charge on any atom is -0.444 e. The monoisotopic (exact) mass is 246 g/mol. The van der Waals surface area contributed by atoms with Gasteiger partial charge < -0.3 is 9.73 Å². The third-order valence-electron chi connectivity index (χ3n) is 3.22. The third kappa shape index (κ3) is 2.43. The molecule has 3 rings (SSSR count). The van der Waals surface area contributed by atoms with Crippen LogP contribution in [-0.2, 0) is 6.42 Å². The zero-order chi connectivity index (χ0) is 12.4. The number of halogens is 1. The molecule has 0 amide bonds. The van der Waals surface area contributed by atoms with Crippen LogP contribution in [0.2, 0.25) is 0 Å². The van der Waals surface area contributed by atoms with Crippen molar-refractivity contribution < 1.29 is 8.81 Å². The highest BCUT2D eigenvalue weighted by Crippen LogP contribution is 2.23. The molecule has 1 aromatic carbocycles. The van der Waals surface area contributed by atoms with E-state index in [1.807, 2.05) is 0 Å². The SMILES string of the molecule is Fc1ccc(Cc2cnc(C3CCCN3)o2)cc1. The Balaban J connectivity index is 1.71. The van der Waals surface area contributed by atoms with Crippen LogP contribution in [0.5, 0.6) is 0 Å². The van der Waals surface area contributed by atoms with Crippen molar-refractivity contribution in [1.29, 1.82) is 0 Å². The van der Waals surface area contributed by atoms with E-state index >= 15 is 0 Å². The van der Waals surface area contributed by atoms with E-state index in [2.05, 4.69) is 10.3 Å². The first-order valence-electron chi connectivity index (χ1n) is 6.24. The molecule has 0 saturated carbocycles. The van der Waals surface area contributed by atoms with Crippen molar-refractivity contribution in [3.05, 3.63) is 53.5 Å². The molecule has 1 fully saturated rings. The van der Waals surface area contributed by atoms with Crippen molar-refractivity contribution in [3.8, 4) is 0 Å². The van der Waals surface area contributed by atoms with Crippen LogP contribution in [0.25, 0.3) is 0 Å². The van der Waals surface area contributed by atoms with Crippen molar-refractivity contribution in [3.63, 3.8) is 0 Å². The second-order valence-corrected chi connectivity index (χ2v) is 4.62. The number of nitrogens with zero attached hydrogens (tertiary/aromatic N) is 1. The first-order chi connectivity index (χ1) is 8.81. The summed E-state index contributed by atoms with van der Waals surface area (Å²) in [6.45, 7) is 1.03. The molecule has 18 heavy (non-hydrogen) atoms. The lowest BCUT2D eigenvalue weighted by molar-refractivity contribution is 0.409. The van der Waals surface area contributed by atoms with Gasteiger partial charge in [0.05, 0.1) is 12.2 Å². The molecular formula is C14H15FN2O. The Hall–Kier alpha value is -1.68. The maximum absolute atomic E-state index is 12.8. The normalized spacial score (nSPS) is 19.3. The van der Waals surface area contributed by atoms with E-state index in [1.165, 1.54) is 18.6 Å². The highest BCUT2D eigenvalue weighted by atomic mass is 19.1. The van der Waals surface area contributed by atoms with Crippen LogP contribution < -0.4 is 5.32 Å². The van der Waals surface area contributed by atoms with Crippen molar-refractivity contribution in [1.82, 2.24) is 10.3 Å². The zero-order valence-electron chi connectivity index (χ0n) is 10.0. The lowest BCUT2D eigenvalue weighted by Crippen LogP contribution is -2.12. The van der Waals surface area contributed by atoms with E-state index in [9.17, 15) is 4.39 Å². The summed E-state index contributed by atoms with van der Waals surface area (Å²) in [6.07, 6.45) is 4.66. The van der Waals surface area contributed by atoms with Gasteiger partial charge >= 0.3 is 0 Å². The molecule has 0 aliphatic carbocycles. The second kappa shape index (κ2) is 4.90. The molecule has 1 N–H and O–H groups in total. The molecule has 1 aliphatic rings. The third-order valence-corrected chi connectivity index (χ3v) is 3.22. The molecule has 2 aromatic rings. The number of benzene rings is 1. The molecule has 0 radical (unpaired) electrons. The van der Waals surface area contributed by atoms with Crippen LogP contribution in [0.15, 0.2) is 34.9 Å². The minimum atomic E-state index is -0.216. The first-order valence-corrected chi connectivity index (χ1v) is 6.24. The molecule has 4 heteroatoms. The van der Waals surface area contributed by atoms with E-state index in [-0.39, 0.29) is 11.9 Å². The van der Waals surface area contributed by atoms with Crippen LogP contribution >= 0.6 is 0 Å². The van der Waals surface area contributed by atoms with Crippen molar-refractivity contribution >= 4 is 0 Å². The van der Waals surface area contributed by atoms with Crippen molar-refractivity contribution in [2.75, 3.05) is 6.54 Å². The van der Waals surface area contributed by atoms with Crippen LogP contribution in [0.4, 0.5) is 4.39 Å². The van der Waals surface area contributed by atoms with E-state index in [4.69, 9.17) is 4.42 Å². The smallest absolute Gasteiger partial charge is 0.211 e. The molecule has 1 atom stereocenters. The van der Waals surface area contributed by atoms with Gasteiger partial charge in [0.15, 0.2) is 0 Å². The summed E-state index contributed by atoms with van der Waals surface area (Å²) in [7, 11) is 0.